The number of nitrogens with zero attached hydrogens (tertiary/aromatic N) is 1. The molecular weight excluding hydrogens is 508 g/mol. The zero-order valence-corrected chi connectivity index (χ0v) is 19.2. The van der Waals surface area contributed by atoms with Crippen LogP contribution in [0.5, 0.6) is 11.5 Å². The summed E-state index contributed by atoms with van der Waals surface area (Å²) in [4.78, 5) is 36.3. The summed E-state index contributed by atoms with van der Waals surface area (Å²) in [6.07, 6.45) is 1.59. The molecule has 0 radical (unpaired) electrons. The van der Waals surface area contributed by atoms with Crippen LogP contribution in [0.1, 0.15) is 15.9 Å². The summed E-state index contributed by atoms with van der Waals surface area (Å²) in [7, 11) is 1.42. The van der Waals surface area contributed by atoms with Gasteiger partial charge < -0.3 is 14.6 Å². The number of aliphatic carboxylic acids is 1. The number of carboxylic acids is 1. The van der Waals surface area contributed by atoms with Crippen LogP contribution >= 0.6 is 39.9 Å². The molecule has 0 unspecified atom stereocenters. The number of hydrogen-bond acceptors (Lipinski definition) is 7. The summed E-state index contributed by atoms with van der Waals surface area (Å²) in [5, 5.41) is 9.77. The number of nitrogens with one attached hydrogen (secondary N) is 1. The Morgan fingerprint density at radius 2 is 2.00 bits per heavy atom. The van der Waals surface area contributed by atoms with E-state index in [4.69, 9.17) is 26.8 Å². The van der Waals surface area contributed by atoms with Crippen LogP contribution in [-0.4, -0.2) is 45.9 Å². The molecule has 8 nitrogen and oxygen atoms in total. The van der Waals surface area contributed by atoms with E-state index < -0.39 is 24.4 Å². The van der Waals surface area contributed by atoms with Crippen molar-refractivity contribution in [3.05, 3.63) is 63.0 Å². The molecule has 2 N–H and O–H groups in total. The van der Waals surface area contributed by atoms with E-state index >= 15 is 0 Å². The van der Waals surface area contributed by atoms with Crippen molar-refractivity contribution in [2.75, 3.05) is 13.7 Å². The molecule has 1 fully saturated rings. The predicted molar refractivity (Wildman–Crippen MR) is 123 cm³/mol. The lowest BCUT2D eigenvalue weighted by atomic mass is 10.2. The SMILES string of the molecule is COc1cc(/C=C2/SC(=S)N(NC(=O)c3ccccc3Br)C2=O)ccc1OCC(=O)O. The minimum absolute atomic E-state index is 0.185. The van der Waals surface area contributed by atoms with Crippen LogP contribution in [0.4, 0.5) is 0 Å². The van der Waals surface area contributed by atoms with Gasteiger partial charge in [-0.1, -0.05) is 30.0 Å². The second-order valence-corrected chi connectivity index (χ2v) is 8.56. The Labute approximate surface area is 195 Å². The van der Waals surface area contributed by atoms with E-state index in [1.807, 2.05) is 0 Å². The standard InChI is InChI=1S/C20H15BrN2O6S2/c1-28-15-8-11(6-7-14(15)29-10-17(24)25)9-16-19(27)23(20(30)31-16)22-18(26)12-4-2-3-5-13(12)21/h2-9H,10H2,1H3,(H,22,26)(H,24,25)/b16-9+. The summed E-state index contributed by atoms with van der Waals surface area (Å²) < 4.78 is 11.2. The van der Waals surface area contributed by atoms with Gasteiger partial charge in [0.1, 0.15) is 0 Å². The molecule has 1 aliphatic heterocycles. The van der Waals surface area contributed by atoms with Crippen molar-refractivity contribution in [1.82, 2.24) is 10.4 Å². The topological polar surface area (TPSA) is 105 Å². The molecule has 0 saturated carbocycles. The molecule has 1 aliphatic rings. The lowest BCUT2D eigenvalue weighted by Gasteiger charge is -2.16. The van der Waals surface area contributed by atoms with Gasteiger partial charge in [0.25, 0.3) is 11.8 Å². The molecule has 3 rings (SSSR count). The predicted octanol–water partition coefficient (Wildman–Crippen LogP) is 3.47. The van der Waals surface area contributed by atoms with Crippen molar-refractivity contribution in [2.45, 2.75) is 0 Å². The molecule has 31 heavy (non-hydrogen) atoms. The number of halogens is 1. The Hall–Kier alpha value is -2.89. The number of thiocarbonyl (C=S) groups is 1. The van der Waals surface area contributed by atoms with Crippen LogP contribution in [0.25, 0.3) is 6.08 Å². The number of carboxylic acid groups (broad SMARTS) is 1. The Morgan fingerprint density at radius 1 is 1.26 bits per heavy atom. The first-order valence-corrected chi connectivity index (χ1v) is 10.7. The zero-order chi connectivity index (χ0) is 22.5. The Morgan fingerprint density at radius 3 is 2.68 bits per heavy atom. The van der Waals surface area contributed by atoms with Gasteiger partial charge in [0.15, 0.2) is 22.4 Å². The highest BCUT2D eigenvalue weighted by Gasteiger charge is 2.34. The molecule has 1 heterocycles. The first-order valence-electron chi connectivity index (χ1n) is 8.66. The van der Waals surface area contributed by atoms with Crippen LogP contribution in [0, 0.1) is 0 Å². The van der Waals surface area contributed by atoms with Gasteiger partial charge in [0, 0.05) is 4.47 Å². The van der Waals surface area contributed by atoms with Crippen LogP contribution in [0.3, 0.4) is 0 Å². The average molecular weight is 523 g/mol. The number of carbonyl (C=O) groups is 3. The molecule has 0 spiro atoms. The van der Waals surface area contributed by atoms with Gasteiger partial charge in [-0.2, -0.15) is 5.01 Å². The third kappa shape index (κ3) is 5.43. The van der Waals surface area contributed by atoms with E-state index in [9.17, 15) is 14.4 Å². The van der Waals surface area contributed by atoms with E-state index in [-0.39, 0.29) is 10.1 Å². The molecule has 1 saturated heterocycles. The number of thioether (sulfide) groups is 1. The maximum Gasteiger partial charge on any atom is 0.341 e. The zero-order valence-electron chi connectivity index (χ0n) is 16.0. The van der Waals surface area contributed by atoms with Crippen LogP contribution in [0.2, 0.25) is 0 Å². The molecular formula is C20H15BrN2O6S2. The average Bonchev–Trinajstić information content (AvgIpc) is 3.00. The normalized spacial score (nSPS) is 14.6. The van der Waals surface area contributed by atoms with Crippen molar-refractivity contribution >= 4 is 68.1 Å². The molecule has 0 bridgehead atoms. The maximum absolute atomic E-state index is 12.8. The lowest BCUT2D eigenvalue weighted by Crippen LogP contribution is -2.44. The fraction of sp³-hybridized carbons (Fsp3) is 0.100. The summed E-state index contributed by atoms with van der Waals surface area (Å²) >= 11 is 9.59. The summed E-state index contributed by atoms with van der Waals surface area (Å²) in [6.45, 7) is -0.508. The fourth-order valence-corrected chi connectivity index (χ4v) is 4.20. The first-order chi connectivity index (χ1) is 14.8. The lowest BCUT2D eigenvalue weighted by molar-refractivity contribution is -0.139. The number of hydrazine groups is 1. The highest BCUT2D eigenvalue weighted by molar-refractivity contribution is 9.10. The number of hydrogen-bond donors (Lipinski definition) is 2. The van der Waals surface area contributed by atoms with E-state index in [0.29, 0.717) is 26.3 Å². The van der Waals surface area contributed by atoms with Crippen LogP contribution in [0.15, 0.2) is 51.8 Å². The summed E-state index contributed by atoms with van der Waals surface area (Å²) in [6, 6.07) is 11.6. The van der Waals surface area contributed by atoms with Crippen molar-refractivity contribution in [2.24, 2.45) is 0 Å². The molecule has 2 aromatic rings. The van der Waals surface area contributed by atoms with Gasteiger partial charge >= 0.3 is 5.97 Å². The summed E-state index contributed by atoms with van der Waals surface area (Å²) in [5.41, 5.74) is 3.49. The number of benzene rings is 2. The van der Waals surface area contributed by atoms with Crippen molar-refractivity contribution in [1.29, 1.82) is 0 Å². The number of rotatable bonds is 7. The Bertz CT molecular complexity index is 1100. The van der Waals surface area contributed by atoms with Crippen molar-refractivity contribution in [3.63, 3.8) is 0 Å². The molecule has 2 amide bonds. The van der Waals surface area contributed by atoms with Crippen LogP contribution in [-0.2, 0) is 9.59 Å². The monoisotopic (exact) mass is 522 g/mol. The highest BCUT2D eigenvalue weighted by atomic mass is 79.9. The quantitative estimate of drug-likeness (QED) is 0.420. The molecule has 160 valence electrons. The van der Waals surface area contributed by atoms with Crippen LogP contribution < -0.4 is 14.9 Å². The number of ether oxygens (including phenoxy) is 2. The van der Waals surface area contributed by atoms with Gasteiger partial charge in [-0.15, -0.1) is 0 Å². The minimum atomic E-state index is -1.11. The third-order valence-corrected chi connectivity index (χ3v) is 5.96. The van der Waals surface area contributed by atoms with E-state index in [1.54, 1.807) is 48.5 Å². The second-order valence-electron chi connectivity index (χ2n) is 6.03. The smallest absolute Gasteiger partial charge is 0.341 e. The largest absolute Gasteiger partial charge is 0.493 e. The number of amides is 2. The first kappa shape index (κ1) is 22.8. The highest BCUT2D eigenvalue weighted by Crippen LogP contribution is 2.34. The van der Waals surface area contributed by atoms with Gasteiger partial charge in [-0.3, -0.25) is 15.0 Å². The molecule has 11 heteroatoms. The fourth-order valence-electron chi connectivity index (χ4n) is 2.56. The molecule has 2 aromatic carbocycles. The summed E-state index contributed by atoms with van der Waals surface area (Å²) in [5.74, 6) is -1.49. The number of methoxy groups -OCH3 is 1. The van der Waals surface area contributed by atoms with E-state index in [0.717, 1.165) is 16.8 Å². The third-order valence-electron chi connectivity index (χ3n) is 3.96. The Kier molecular flexibility index (Phi) is 7.31. The molecule has 0 atom stereocenters. The number of carbonyl (C=O) groups excluding carboxylic acids is 2. The van der Waals surface area contributed by atoms with Crippen molar-refractivity contribution < 1.29 is 29.0 Å². The minimum Gasteiger partial charge on any atom is -0.493 e. The molecule has 0 aliphatic carbocycles. The van der Waals surface area contributed by atoms with E-state index in [1.165, 1.54) is 7.11 Å². The van der Waals surface area contributed by atoms with Crippen molar-refractivity contribution in [3.8, 4) is 11.5 Å². The van der Waals surface area contributed by atoms with Gasteiger partial charge in [0.2, 0.25) is 0 Å². The molecule has 0 aromatic heterocycles. The Balaban J connectivity index is 1.77. The van der Waals surface area contributed by atoms with Gasteiger partial charge in [-0.05, 0) is 64.1 Å². The van der Waals surface area contributed by atoms with Gasteiger partial charge in [-0.25, -0.2) is 4.79 Å². The second kappa shape index (κ2) is 9.94. The maximum atomic E-state index is 12.8. The van der Waals surface area contributed by atoms with E-state index in [2.05, 4.69) is 21.4 Å². The van der Waals surface area contributed by atoms with Gasteiger partial charge in [0.05, 0.1) is 17.6 Å².